The second-order valence-electron chi connectivity index (χ2n) is 5.69. The molecular weight excluding hydrogens is 248 g/mol. The molecule has 0 heterocycles. The van der Waals surface area contributed by atoms with Crippen LogP contribution in [0.1, 0.15) is 43.7 Å². The van der Waals surface area contributed by atoms with E-state index in [0.29, 0.717) is 18.9 Å². The van der Waals surface area contributed by atoms with E-state index in [4.69, 9.17) is 5.73 Å². The molecule has 1 atom stereocenters. The fourth-order valence-corrected chi connectivity index (χ4v) is 2.57. The fourth-order valence-electron chi connectivity index (χ4n) is 2.57. The first kappa shape index (κ1) is 16.7. The maximum atomic E-state index is 12.3. The predicted molar refractivity (Wildman–Crippen MR) is 86.0 cm³/mol. The summed E-state index contributed by atoms with van der Waals surface area (Å²) in [7, 11) is 1.86. The molecule has 1 rings (SSSR count). The van der Waals surface area contributed by atoms with Crippen LogP contribution in [0.25, 0.3) is 0 Å². The van der Waals surface area contributed by atoms with Crippen molar-refractivity contribution < 1.29 is 4.79 Å². The summed E-state index contributed by atoms with van der Waals surface area (Å²) in [6.45, 7) is 6.99. The average Bonchev–Trinajstić information content (AvgIpc) is 2.41. The molecule has 3 nitrogen and oxygen atoms in total. The van der Waals surface area contributed by atoms with Crippen molar-refractivity contribution in [3.63, 3.8) is 0 Å². The maximum Gasteiger partial charge on any atom is 0.226 e. The van der Waals surface area contributed by atoms with Crippen LogP contribution in [0.3, 0.4) is 0 Å². The molecule has 1 amide bonds. The summed E-state index contributed by atoms with van der Waals surface area (Å²) in [6, 6.07) is 6.24. The van der Waals surface area contributed by atoms with E-state index in [2.05, 4.69) is 39.0 Å². The van der Waals surface area contributed by atoms with Crippen LogP contribution in [0, 0.1) is 19.8 Å². The summed E-state index contributed by atoms with van der Waals surface area (Å²) in [5.41, 5.74) is 8.96. The molecule has 0 fully saturated rings. The molecule has 0 aliphatic heterocycles. The van der Waals surface area contributed by atoms with E-state index >= 15 is 0 Å². The molecule has 0 aliphatic rings. The van der Waals surface area contributed by atoms with E-state index in [1.54, 1.807) is 4.90 Å². The Morgan fingerprint density at radius 3 is 2.30 bits per heavy atom. The van der Waals surface area contributed by atoms with Gasteiger partial charge in [0.2, 0.25) is 5.91 Å². The van der Waals surface area contributed by atoms with Crippen molar-refractivity contribution in [2.75, 3.05) is 18.5 Å². The Morgan fingerprint density at radius 2 is 1.80 bits per heavy atom. The molecule has 0 bridgehead atoms. The lowest BCUT2D eigenvalue weighted by molar-refractivity contribution is -0.118. The number of carbonyl (C=O) groups excluding carboxylic acids is 1. The van der Waals surface area contributed by atoms with Gasteiger partial charge in [0.15, 0.2) is 0 Å². The van der Waals surface area contributed by atoms with Gasteiger partial charge in [-0.2, -0.15) is 0 Å². The van der Waals surface area contributed by atoms with Crippen molar-refractivity contribution in [1.29, 1.82) is 0 Å². The van der Waals surface area contributed by atoms with Gasteiger partial charge in [0.25, 0.3) is 0 Å². The lowest BCUT2D eigenvalue weighted by Gasteiger charge is -2.20. The first-order valence-corrected chi connectivity index (χ1v) is 7.52. The highest BCUT2D eigenvalue weighted by Gasteiger charge is 2.14. The average molecular weight is 276 g/mol. The molecule has 0 spiro atoms. The summed E-state index contributed by atoms with van der Waals surface area (Å²) in [6.07, 6.45) is 3.64. The number of hydrogen-bond acceptors (Lipinski definition) is 2. The van der Waals surface area contributed by atoms with E-state index in [0.717, 1.165) is 24.9 Å². The van der Waals surface area contributed by atoms with E-state index in [9.17, 15) is 4.79 Å². The summed E-state index contributed by atoms with van der Waals surface area (Å²) < 4.78 is 0. The highest BCUT2D eigenvalue weighted by Crippen LogP contribution is 2.20. The largest absolute Gasteiger partial charge is 0.330 e. The lowest BCUT2D eigenvalue weighted by Crippen LogP contribution is -2.26. The molecule has 1 unspecified atom stereocenters. The molecule has 20 heavy (non-hydrogen) atoms. The summed E-state index contributed by atoms with van der Waals surface area (Å²) in [5, 5.41) is 0. The molecular formula is C17H28N2O. The highest BCUT2D eigenvalue weighted by molar-refractivity contribution is 5.92. The molecule has 3 heteroatoms. The number of anilines is 1. The zero-order valence-electron chi connectivity index (χ0n) is 13.3. The predicted octanol–water partition coefficient (Wildman–Crippen LogP) is 3.42. The minimum atomic E-state index is 0.186. The van der Waals surface area contributed by atoms with Crippen molar-refractivity contribution in [1.82, 2.24) is 0 Å². The van der Waals surface area contributed by atoms with Crippen LogP contribution in [0.4, 0.5) is 5.69 Å². The number of amides is 1. The van der Waals surface area contributed by atoms with Crippen molar-refractivity contribution in [3.05, 3.63) is 29.3 Å². The van der Waals surface area contributed by atoms with Gasteiger partial charge in [-0.15, -0.1) is 0 Å². The van der Waals surface area contributed by atoms with Crippen LogP contribution in [-0.2, 0) is 4.79 Å². The molecule has 0 saturated carbocycles. The molecule has 1 aromatic rings. The third-order valence-electron chi connectivity index (χ3n) is 3.89. The van der Waals surface area contributed by atoms with Gasteiger partial charge in [-0.1, -0.05) is 19.4 Å². The second-order valence-corrected chi connectivity index (χ2v) is 5.69. The number of rotatable bonds is 7. The second kappa shape index (κ2) is 8.05. The Morgan fingerprint density at radius 1 is 1.20 bits per heavy atom. The first-order valence-electron chi connectivity index (χ1n) is 7.52. The fraction of sp³-hybridized carbons (Fsp3) is 0.588. The summed E-state index contributed by atoms with van der Waals surface area (Å²) >= 11 is 0. The van der Waals surface area contributed by atoms with Gasteiger partial charge in [0, 0.05) is 19.2 Å². The summed E-state index contributed by atoms with van der Waals surface area (Å²) in [5.74, 6) is 0.752. The van der Waals surface area contributed by atoms with Gasteiger partial charge in [-0.05, 0) is 62.4 Å². The van der Waals surface area contributed by atoms with Crippen LogP contribution in [0.5, 0.6) is 0 Å². The van der Waals surface area contributed by atoms with Gasteiger partial charge in [0.05, 0.1) is 0 Å². The number of carbonyl (C=O) groups is 1. The normalized spacial score (nSPS) is 12.2. The number of nitrogens with two attached hydrogens (primary N) is 1. The van der Waals surface area contributed by atoms with Gasteiger partial charge < -0.3 is 10.6 Å². The molecule has 0 saturated heterocycles. The van der Waals surface area contributed by atoms with Crippen LogP contribution in [0.15, 0.2) is 18.2 Å². The molecule has 2 N–H and O–H groups in total. The topological polar surface area (TPSA) is 46.3 Å². The molecule has 0 radical (unpaired) electrons. The third-order valence-corrected chi connectivity index (χ3v) is 3.89. The monoisotopic (exact) mass is 276 g/mol. The minimum absolute atomic E-state index is 0.186. The maximum absolute atomic E-state index is 12.3. The number of hydrogen-bond donors (Lipinski definition) is 1. The van der Waals surface area contributed by atoms with Crippen molar-refractivity contribution in [3.8, 4) is 0 Å². The van der Waals surface area contributed by atoms with E-state index in [-0.39, 0.29) is 5.91 Å². The zero-order chi connectivity index (χ0) is 15.1. The zero-order valence-corrected chi connectivity index (χ0v) is 13.3. The van der Waals surface area contributed by atoms with E-state index in [1.807, 2.05) is 7.05 Å². The highest BCUT2D eigenvalue weighted by atomic mass is 16.2. The smallest absolute Gasteiger partial charge is 0.226 e. The number of aryl methyl sites for hydroxylation is 2. The quantitative estimate of drug-likeness (QED) is 0.829. The Kier molecular flexibility index (Phi) is 6.73. The van der Waals surface area contributed by atoms with Crippen LogP contribution in [-0.4, -0.2) is 19.5 Å². The van der Waals surface area contributed by atoms with E-state index in [1.165, 1.54) is 11.1 Å². The lowest BCUT2D eigenvalue weighted by atomic mass is 9.96. The molecule has 1 aromatic carbocycles. The first-order chi connectivity index (χ1) is 9.47. The molecule has 0 aliphatic carbocycles. The Balaban J connectivity index is 2.62. The Bertz CT molecular complexity index is 422. The third kappa shape index (κ3) is 4.97. The van der Waals surface area contributed by atoms with Crippen molar-refractivity contribution in [2.45, 2.75) is 46.5 Å². The van der Waals surface area contributed by atoms with Gasteiger partial charge in [-0.3, -0.25) is 4.79 Å². The SMILES string of the molecule is CCC(CCN)CCC(=O)N(C)c1cc(C)cc(C)c1. The molecule has 112 valence electrons. The number of benzene rings is 1. The number of nitrogens with zero attached hydrogens (tertiary/aromatic N) is 1. The van der Waals surface area contributed by atoms with Crippen molar-refractivity contribution >= 4 is 11.6 Å². The molecule has 0 aromatic heterocycles. The van der Waals surface area contributed by atoms with Crippen LogP contribution in [0.2, 0.25) is 0 Å². The van der Waals surface area contributed by atoms with Crippen LogP contribution >= 0.6 is 0 Å². The standard InChI is InChI=1S/C17H28N2O/c1-5-15(8-9-18)6-7-17(20)19(4)16-11-13(2)10-14(3)12-16/h10-12,15H,5-9,18H2,1-4H3. The van der Waals surface area contributed by atoms with Gasteiger partial charge >= 0.3 is 0 Å². The summed E-state index contributed by atoms with van der Waals surface area (Å²) in [4.78, 5) is 14.1. The van der Waals surface area contributed by atoms with Gasteiger partial charge in [0.1, 0.15) is 0 Å². The van der Waals surface area contributed by atoms with Gasteiger partial charge in [-0.25, -0.2) is 0 Å². The van der Waals surface area contributed by atoms with Crippen LogP contribution < -0.4 is 10.6 Å². The van der Waals surface area contributed by atoms with E-state index < -0.39 is 0 Å². The Hall–Kier alpha value is -1.35. The minimum Gasteiger partial charge on any atom is -0.330 e. The van der Waals surface area contributed by atoms with Crippen molar-refractivity contribution in [2.24, 2.45) is 11.7 Å². The Labute approximate surface area is 123 Å².